The van der Waals surface area contributed by atoms with Gasteiger partial charge in [0.2, 0.25) is 0 Å². The third-order valence-electron chi connectivity index (χ3n) is 1.60. The topological polar surface area (TPSA) is 137 Å². The summed E-state index contributed by atoms with van der Waals surface area (Å²) < 4.78 is 0. The summed E-state index contributed by atoms with van der Waals surface area (Å²) in [5.74, 6) is 0. The molecule has 0 aromatic heterocycles. The van der Waals surface area contributed by atoms with Crippen LogP contribution in [0.25, 0.3) is 0 Å². The standard InChI is InChI=1S/C8H19N.4BrH.3H3N/c1-2-3-4-5-6-7-8-9;;;;;;;/h2-9H2,1H3;4*1H;3*1H3. The van der Waals surface area contributed by atoms with Crippen LogP contribution < -0.4 is 92.1 Å². The van der Waals surface area contributed by atoms with E-state index in [9.17, 15) is 0 Å². The highest BCUT2D eigenvalue weighted by Crippen LogP contribution is 2.03. The molecule has 0 unspecified atom stereocenters. The third-order valence-corrected chi connectivity index (χ3v) is 1.60. The minimum atomic E-state index is 0. The molecule has 112 valence electrons. The number of hydrogen-bond donors (Lipinski definition) is 4. The van der Waals surface area contributed by atoms with Crippen LogP contribution in [0.4, 0.5) is 0 Å². The molecule has 4 nitrogen and oxygen atoms in total. The molecule has 0 aliphatic rings. The van der Waals surface area contributed by atoms with Crippen LogP contribution in [0, 0.1) is 0 Å². The summed E-state index contributed by atoms with van der Waals surface area (Å²) >= 11 is 0. The first-order valence-corrected chi connectivity index (χ1v) is 4.21. The number of hydrogen-bond acceptors (Lipinski definition) is 0. The van der Waals surface area contributed by atoms with Crippen LogP contribution in [-0.2, 0) is 0 Å². The van der Waals surface area contributed by atoms with Gasteiger partial charge in [-0.2, -0.15) is 0 Å². The van der Waals surface area contributed by atoms with Crippen molar-refractivity contribution in [2.24, 2.45) is 0 Å². The summed E-state index contributed by atoms with van der Waals surface area (Å²) in [6.45, 7) is 3.37. The van der Waals surface area contributed by atoms with Crippen molar-refractivity contribution in [1.82, 2.24) is 18.5 Å². The summed E-state index contributed by atoms with van der Waals surface area (Å²) in [6, 6.07) is 0. The molecule has 0 aromatic carbocycles. The molecule has 0 heterocycles. The molecule has 0 saturated carbocycles. The highest BCUT2D eigenvalue weighted by molar-refractivity contribution is 4.41. The Labute approximate surface area is 143 Å². The van der Waals surface area contributed by atoms with Gasteiger partial charge in [-0.1, -0.05) is 32.6 Å². The van der Waals surface area contributed by atoms with Crippen LogP contribution >= 0.6 is 0 Å². The smallest absolute Gasteiger partial charge is 0.0739 e. The van der Waals surface area contributed by atoms with E-state index in [4.69, 9.17) is 0 Å². The van der Waals surface area contributed by atoms with Crippen molar-refractivity contribution in [1.29, 1.82) is 0 Å². The monoisotopic (exact) mass is 500 g/mol. The predicted octanol–water partition coefficient (Wildman–Crippen LogP) is -9.27. The molecule has 0 radical (unpaired) electrons. The lowest BCUT2D eigenvalue weighted by Crippen LogP contribution is -3.00. The van der Waals surface area contributed by atoms with Crippen LogP contribution in [0.1, 0.15) is 45.4 Å². The molecular formula is C8H32Br4N4. The summed E-state index contributed by atoms with van der Waals surface area (Å²) in [6.07, 6.45) is 8.33. The first kappa shape index (κ1) is 52.4. The zero-order valence-corrected chi connectivity index (χ0v) is 17.5. The first-order chi connectivity index (χ1) is 4.41. The number of quaternary nitrogens is 4. The van der Waals surface area contributed by atoms with E-state index in [1.807, 2.05) is 0 Å². The van der Waals surface area contributed by atoms with Gasteiger partial charge in [0.05, 0.1) is 6.54 Å². The van der Waals surface area contributed by atoms with Gasteiger partial charge in [0.25, 0.3) is 0 Å². The lowest BCUT2D eigenvalue weighted by atomic mass is 10.1. The van der Waals surface area contributed by atoms with E-state index >= 15 is 0 Å². The molecule has 0 rings (SSSR count). The maximum Gasteiger partial charge on any atom is 0.0739 e. The Balaban J connectivity index is -0.0000000152. The van der Waals surface area contributed by atoms with Gasteiger partial charge in [0, 0.05) is 0 Å². The zero-order chi connectivity index (χ0) is 6.95. The molecule has 15 N–H and O–H groups in total. The molecule has 0 fully saturated rings. The van der Waals surface area contributed by atoms with E-state index in [2.05, 4.69) is 12.7 Å². The number of rotatable bonds is 6. The maximum atomic E-state index is 3.80. The Morgan fingerprint density at radius 3 is 1.25 bits per heavy atom. The number of unbranched alkanes of at least 4 members (excludes halogenated alkanes) is 5. The Morgan fingerprint density at radius 2 is 0.938 bits per heavy atom. The van der Waals surface area contributed by atoms with Gasteiger partial charge in [-0.15, -0.1) is 0 Å². The molecule has 0 aliphatic heterocycles. The molecule has 8 heteroatoms. The fraction of sp³-hybridized carbons (Fsp3) is 1.00. The molecule has 0 bridgehead atoms. The van der Waals surface area contributed by atoms with Crippen molar-refractivity contribution in [3.05, 3.63) is 0 Å². The van der Waals surface area contributed by atoms with Crippen molar-refractivity contribution in [2.45, 2.75) is 45.4 Å². The largest absolute Gasteiger partial charge is 1.00 e. The van der Waals surface area contributed by atoms with Crippen molar-refractivity contribution in [3.63, 3.8) is 0 Å². The van der Waals surface area contributed by atoms with Crippen molar-refractivity contribution < 1.29 is 73.7 Å². The van der Waals surface area contributed by atoms with Crippen molar-refractivity contribution in [3.8, 4) is 0 Å². The minimum absolute atomic E-state index is 0. The summed E-state index contributed by atoms with van der Waals surface area (Å²) in [4.78, 5) is 0. The Kier molecular flexibility index (Phi) is 178. The van der Waals surface area contributed by atoms with Crippen LogP contribution in [0.2, 0.25) is 0 Å². The van der Waals surface area contributed by atoms with Crippen molar-refractivity contribution >= 4 is 0 Å². The van der Waals surface area contributed by atoms with Crippen LogP contribution in [0.5, 0.6) is 0 Å². The molecule has 0 aromatic rings. The highest BCUT2D eigenvalue weighted by atomic mass is 79.9. The van der Waals surface area contributed by atoms with Gasteiger partial charge < -0.3 is 92.1 Å². The molecule has 0 spiro atoms. The maximum absolute atomic E-state index is 3.80. The van der Waals surface area contributed by atoms with Crippen molar-refractivity contribution in [2.75, 3.05) is 6.54 Å². The van der Waals surface area contributed by atoms with E-state index in [-0.39, 0.29) is 86.4 Å². The quantitative estimate of drug-likeness (QED) is 0.256. The summed E-state index contributed by atoms with van der Waals surface area (Å²) in [7, 11) is 0. The molecule has 16 heavy (non-hydrogen) atoms. The van der Waals surface area contributed by atoms with E-state index in [1.165, 1.54) is 38.5 Å². The lowest BCUT2D eigenvalue weighted by Gasteiger charge is -1.95. The molecule has 0 atom stereocenters. The van der Waals surface area contributed by atoms with Crippen LogP contribution in [-0.4, -0.2) is 6.54 Å². The Bertz CT molecular complexity index is 57.3. The summed E-state index contributed by atoms with van der Waals surface area (Å²) in [5.41, 5.74) is 3.80. The zero-order valence-electron chi connectivity index (χ0n) is 11.2. The van der Waals surface area contributed by atoms with Gasteiger partial charge in [0.15, 0.2) is 0 Å². The molecule has 0 aliphatic carbocycles. The Morgan fingerprint density at radius 1 is 0.625 bits per heavy atom. The van der Waals surface area contributed by atoms with E-state index < -0.39 is 0 Å². The van der Waals surface area contributed by atoms with E-state index in [0.29, 0.717) is 0 Å². The van der Waals surface area contributed by atoms with Gasteiger partial charge in [-0.25, -0.2) is 0 Å². The molecule has 0 amide bonds. The predicted molar refractivity (Wildman–Crippen MR) is 59.1 cm³/mol. The minimum Gasteiger partial charge on any atom is -1.00 e. The lowest BCUT2D eigenvalue weighted by molar-refractivity contribution is -0.368. The fourth-order valence-electron chi connectivity index (χ4n) is 0.957. The van der Waals surface area contributed by atoms with Gasteiger partial charge in [-0.3, -0.25) is 0 Å². The SMILES string of the molecule is CCCCCCCC[NH3+].[Br-].[Br-].[Br-].[Br-].[NH4+].[NH4+].[NH4+]. The fourth-order valence-corrected chi connectivity index (χ4v) is 0.957. The second kappa shape index (κ2) is 54.2. The van der Waals surface area contributed by atoms with E-state index in [1.54, 1.807) is 0 Å². The van der Waals surface area contributed by atoms with Gasteiger partial charge in [-0.05, 0) is 12.8 Å². The van der Waals surface area contributed by atoms with Gasteiger partial charge in [0.1, 0.15) is 0 Å². The second-order valence-corrected chi connectivity index (χ2v) is 2.62. The normalized spacial score (nSPS) is 5.62. The number of halogens is 4. The second-order valence-electron chi connectivity index (χ2n) is 2.62. The summed E-state index contributed by atoms with van der Waals surface area (Å²) in [5, 5.41) is 0. The average molecular weight is 504 g/mol. The molecular weight excluding hydrogens is 472 g/mol. The Hall–Kier alpha value is 1.76. The first-order valence-electron chi connectivity index (χ1n) is 4.21. The third kappa shape index (κ3) is 57.0. The van der Waals surface area contributed by atoms with Crippen LogP contribution in [0.15, 0.2) is 0 Å². The average Bonchev–Trinajstić information content (AvgIpc) is 1.89. The van der Waals surface area contributed by atoms with Crippen LogP contribution in [0.3, 0.4) is 0 Å². The molecule has 0 saturated heterocycles. The van der Waals surface area contributed by atoms with Gasteiger partial charge >= 0.3 is 0 Å². The highest BCUT2D eigenvalue weighted by Gasteiger charge is 1.87. The van der Waals surface area contributed by atoms with E-state index in [0.717, 1.165) is 6.54 Å².